The quantitative estimate of drug-likeness (QED) is 0.300. The Kier molecular flexibility index (Phi) is 13.2. The van der Waals surface area contributed by atoms with Crippen LogP contribution in [0.3, 0.4) is 0 Å². The van der Waals surface area contributed by atoms with Gasteiger partial charge >= 0.3 is 5.97 Å². The average molecular weight is 701 g/mol. The summed E-state index contributed by atoms with van der Waals surface area (Å²) in [4.78, 5) is 54.1. The standard InChI is InChI=1S/C25H30FN3O3.C15H19NO3/c1-2-18-3-5-20(6-4-18)25(31)29-11-9-19(10-12-29)24(30)27-21-7-8-23(22(26)17-21)28-13-15-32-16-14-28;1-2-11-3-5-12(6-4-11)14(17)16-9-7-13(8-10-16)15(18)19/h3-8,17,19H,2,9-16H2,1H3,(H,27,30);3-6,13H,2,7-10H2,1H3,(H,18,19). The Bertz CT molecular complexity index is 1640. The van der Waals surface area contributed by atoms with Crippen LogP contribution < -0.4 is 10.2 Å². The van der Waals surface area contributed by atoms with Crippen molar-refractivity contribution in [2.75, 3.05) is 62.7 Å². The molecule has 0 atom stereocenters. The molecule has 3 aromatic rings. The molecule has 0 radical (unpaired) electrons. The van der Waals surface area contributed by atoms with Crippen molar-refractivity contribution in [3.05, 3.63) is 94.8 Å². The van der Waals surface area contributed by atoms with Gasteiger partial charge in [0, 0.05) is 62.0 Å². The van der Waals surface area contributed by atoms with Gasteiger partial charge in [-0.25, -0.2) is 4.39 Å². The van der Waals surface area contributed by atoms with Gasteiger partial charge < -0.3 is 29.9 Å². The first kappa shape index (κ1) is 37.5. The maximum absolute atomic E-state index is 14.6. The van der Waals surface area contributed by atoms with Gasteiger partial charge in [0.2, 0.25) is 5.91 Å². The Hall–Kier alpha value is -4.77. The number of hydrogen-bond donors (Lipinski definition) is 2. The predicted molar refractivity (Wildman–Crippen MR) is 195 cm³/mol. The van der Waals surface area contributed by atoms with Crippen molar-refractivity contribution in [1.29, 1.82) is 0 Å². The normalized spacial score (nSPS) is 17.0. The fourth-order valence-corrected chi connectivity index (χ4v) is 6.70. The zero-order chi connectivity index (χ0) is 36.3. The van der Waals surface area contributed by atoms with Crippen LogP contribution in [0.15, 0.2) is 66.7 Å². The molecule has 3 amide bonds. The zero-order valence-corrected chi connectivity index (χ0v) is 29.6. The minimum Gasteiger partial charge on any atom is -0.481 e. The molecule has 6 rings (SSSR count). The van der Waals surface area contributed by atoms with Gasteiger partial charge in [0.15, 0.2) is 0 Å². The zero-order valence-electron chi connectivity index (χ0n) is 29.6. The monoisotopic (exact) mass is 700 g/mol. The van der Waals surface area contributed by atoms with Crippen LogP contribution in [0.4, 0.5) is 15.8 Å². The van der Waals surface area contributed by atoms with Crippen LogP contribution in [0.2, 0.25) is 0 Å². The van der Waals surface area contributed by atoms with Gasteiger partial charge in [0.25, 0.3) is 11.8 Å². The summed E-state index contributed by atoms with van der Waals surface area (Å²) < 4.78 is 19.9. The van der Waals surface area contributed by atoms with E-state index in [-0.39, 0.29) is 35.4 Å². The molecule has 10 nitrogen and oxygen atoms in total. The second-order valence-corrected chi connectivity index (χ2v) is 13.3. The van der Waals surface area contributed by atoms with Gasteiger partial charge in [-0.2, -0.15) is 0 Å². The summed E-state index contributed by atoms with van der Waals surface area (Å²) in [5.74, 6) is -1.70. The number of carbonyl (C=O) groups is 4. The lowest BCUT2D eigenvalue weighted by Gasteiger charge is -2.31. The number of piperidine rings is 2. The molecule has 51 heavy (non-hydrogen) atoms. The van der Waals surface area contributed by atoms with Crippen molar-refractivity contribution in [1.82, 2.24) is 9.80 Å². The number of rotatable bonds is 8. The van der Waals surface area contributed by atoms with E-state index in [1.807, 2.05) is 58.3 Å². The van der Waals surface area contributed by atoms with Gasteiger partial charge in [-0.1, -0.05) is 38.1 Å². The molecule has 0 aliphatic carbocycles. The molecule has 3 aliphatic heterocycles. The van der Waals surface area contributed by atoms with Crippen LogP contribution in [-0.2, 0) is 27.2 Å². The van der Waals surface area contributed by atoms with Crippen LogP contribution in [0, 0.1) is 17.7 Å². The third-order valence-electron chi connectivity index (χ3n) is 10.1. The molecule has 3 heterocycles. The fraction of sp³-hybridized carbons (Fsp3) is 0.450. The molecule has 0 aromatic heterocycles. The Morgan fingerprint density at radius 2 is 1.18 bits per heavy atom. The number of aryl methyl sites for hydroxylation is 2. The minimum absolute atomic E-state index is 0.00601. The molecule has 272 valence electrons. The average Bonchev–Trinajstić information content (AvgIpc) is 3.18. The minimum atomic E-state index is -0.751. The molecule has 0 bridgehead atoms. The van der Waals surface area contributed by atoms with E-state index < -0.39 is 5.97 Å². The number of anilines is 2. The highest BCUT2D eigenvalue weighted by Crippen LogP contribution is 2.26. The molecule has 3 fully saturated rings. The van der Waals surface area contributed by atoms with E-state index in [0.717, 1.165) is 12.8 Å². The number of nitrogens with one attached hydrogen (secondary N) is 1. The highest BCUT2D eigenvalue weighted by Gasteiger charge is 2.29. The molecule has 0 unspecified atom stereocenters. The van der Waals surface area contributed by atoms with Crippen LogP contribution in [0.1, 0.15) is 71.4 Å². The van der Waals surface area contributed by atoms with E-state index in [1.54, 1.807) is 17.0 Å². The van der Waals surface area contributed by atoms with Crippen molar-refractivity contribution in [2.45, 2.75) is 52.4 Å². The fourth-order valence-electron chi connectivity index (χ4n) is 6.70. The second kappa shape index (κ2) is 17.9. The first-order valence-corrected chi connectivity index (χ1v) is 18.1. The van der Waals surface area contributed by atoms with Gasteiger partial charge in [0.1, 0.15) is 5.82 Å². The molecule has 11 heteroatoms. The SMILES string of the molecule is CCc1ccc(C(=O)N2CCC(C(=O)Nc3ccc(N4CCOCC4)c(F)c3)CC2)cc1.CCc1ccc(C(=O)N2CCC(C(=O)O)CC2)cc1. The van der Waals surface area contributed by atoms with Gasteiger partial charge in [-0.05, 0) is 92.1 Å². The van der Waals surface area contributed by atoms with E-state index in [0.29, 0.717) is 101 Å². The van der Waals surface area contributed by atoms with Crippen molar-refractivity contribution < 1.29 is 33.4 Å². The van der Waals surface area contributed by atoms with Crippen molar-refractivity contribution in [3.63, 3.8) is 0 Å². The number of ether oxygens (including phenoxy) is 1. The number of amides is 3. The van der Waals surface area contributed by atoms with Crippen LogP contribution in [0.25, 0.3) is 0 Å². The number of nitrogens with zero attached hydrogens (tertiary/aromatic N) is 3. The maximum Gasteiger partial charge on any atom is 0.306 e. The molecule has 0 saturated carbocycles. The Labute approximate surface area is 299 Å². The first-order valence-electron chi connectivity index (χ1n) is 18.1. The molecular weight excluding hydrogens is 651 g/mol. The summed E-state index contributed by atoms with van der Waals surface area (Å²) >= 11 is 0. The molecule has 2 N–H and O–H groups in total. The number of benzene rings is 3. The lowest BCUT2D eigenvalue weighted by atomic mass is 9.95. The summed E-state index contributed by atoms with van der Waals surface area (Å²) in [6.45, 7) is 8.79. The number of hydrogen-bond acceptors (Lipinski definition) is 6. The Balaban J connectivity index is 0.000000226. The third-order valence-corrected chi connectivity index (χ3v) is 10.1. The summed E-state index contributed by atoms with van der Waals surface area (Å²) in [7, 11) is 0. The van der Waals surface area contributed by atoms with E-state index in [9.17, 15) is 23.6 Å². The molecule has 3 aromatic carbocycles. The van der Waals surface area contributed by atoms with Gasteiger partial charge in [0.05, 0.1) is 24.8 Å². The van der Waals surface area contributed by atoms with Gasteiger partial charge in [-0.15, -0.1) is 0 Å². The van der Waals surface area contributed by atoms with Crippen molar-refractivity contribution in [3.8, 4) is 0 Å². The number of likely N-dealkylation sites (tertiary alicyclic amines) is 2. The van der Waals surface area contributed by atoms with Gasteiger partial charge in [-0.3, -0.25) is 19.2 Å². The number of carbonyl (C=O) groups excluding carboxylic acids is 3. The third kappa shape index (κ3) is 9.94. The Morgan fingerprint density at radius 3 is 1.61 bits per heavy atom. The summed E-state index contributed by atoms with van der Waals surface area (Å²) in [5.41, 5.74) is 4.77. The summed E-state index contributed by atoms with van der Waals surface area (Å²) in [6, 6.07) is 20.2. The highest BCUT2D eigenvalue weighted by molar-refractivity contribution is 5.96. The molecular formula is C40H49FN4O6. The number of carboxylic acids is 1. The van der Waals surface area contributed by atoms with Crippen LogP contribution in [0.5, 0.6) is 0 Å². The van der Waals surface area contributed by atoms with Crippen LogP contribution in [-0.4, -0.2) is 91.1 Å². The van der Waals surface area contributed by atoms with Crippen LogP contribution >= 0.6 is 0 Å². The highest BCUT2D eigenvalue weighted by atomic mass is 19.1. The molecule has 3 aliphatic rings. The number of aliphatic carboxylic acids is 1. The van der Waals surface area contributed by atoms with Crippen molar-refractivity contribution >= 4 is 35.1 Å². The topological polar surface area (TPSA) is 119 Å². The van der Waals surface area contributed by atoms with Crippen molar-refractivity contribution in [2.24, 2.45) is 11.8 Å². The number of carboxylic acid groups (broad SMARTS) is 1. The summed E-state index contributed by atoms with van der Waals surface area (Å²) in [5, 5.41) is 11.8. The molecule has 0 spiro atoms. The lowest BCUT2D eigenvalue weighted by molar-refractivity contribution is -0.143. The largest absolute Gasteiger partial charge is 0.481 e. The Morgan fingerprint density at radius 1 is 0.706 bits per heavy atom. The second-order valence-electron chi connectivity index (χ2n) is 13.3. The lowest BCUT2D eigenvalue weighted by Crippen LogP contribution is -2.41. The van der Waals surface area contributed by atoms with E-state index in [4.69, 9.17) is 9.84 Å². The predicted octanol–water partition coefficient (Wildman–Crippen LogP) is 5.90. The van der Waals surface area contributed by atoms with E-state index >= 15 is 0 Å². The maximum atomic E-state index is 14.6. The molecule has 3 saturated heterocycles. The van der Waals surface area contributed by atoms with E-state index in [1.165, 1.54) is 17.2 Å². The number of halogens is 1. The number of morpholine rings is 1. The summed E-state index contributed by atoms with van der Waals surface area (Å²) in [6.07, 6.45) is 4.19. The van der Waals surface area contributed by atoms with E-state index in [2.05, 4.69) is 19.2 Å². The smallest absolute Gasteiger partial charge is 0.306 e. The first-order chi connectivity index (χ1) is 24.7.